The number of carbonyl (C=O) groups is 1. The molecule has 4 rings (SSSR count). The van der Waals surface area contributed by atoms with Gasteiger partial charge in [0.15, 0.2) is 0 Å². The highest BCUT2D eigenvalue weighted by Crippen LogP contribution is 2.32. The Kier molecular flexibility index (Phi) is 5.78. The van der Waals surface area contributed by atoms with Gasteiger partial charge in [-0.3, -0.25) is 9.88 Å². The van der Waals surface area contributed by atoms with Crippen LogP contribution < -0.4 is 4.90 Å². The molecule has 0 saturated carbocycles. The molecule has 3 heterocycles. The van der Waals surface area contributed by atoms with Crippen molar-refractivity contribution < 1.29 is 14.3 Å². The standard InChI is InChI=1S/C22H29N3O3/c1-3-28-22(26)19-13-23-20-5-4-16(2)12-18(20)21(19)25-9-7-24(8-10-25)14-17-6-11-27-15-17/h4-5,12-13,17H,3,6-11,14-15H2,1-2H3. The number of rotatable bonds is 5. The zero-order valence-electron chi connectivity index (χ0n) is 16.8. The summed E-state index contributed by atoms with van der Waals surface area (Å²) in [6.45, 7) is 10.9. The van der Waals surface area contributed by atoms with Crippen molar-refractivity contribution in [3.05, 3.63) is 35.5 Å². The molecule has 2 aromatic rings. The summed E-state index contributed by atoms with van der Waals surface area (Å²) in [4.78, 5) is 22.0. The highest BCUT2D eigenvalue weighted by atomic mass is 16.5. The Morgan fingerprint density at radius 1 is 1.29 bits per heavy atom. The number of nitrogens with zero attached hydrogens (tertiary/aromatic N) is 3. The first-order valence-corrected chi connectivity index (χ1v) is 10.3. The number of esters is 1. The number of hydrogen-bond donors (Lipinski definition) is 0. The maximum Gasteiger partial charge on any atom is 0.341 e. The fraction of sp³-hybridized carbons (Fsp3) is 0.545. The molecule has 2 fully saturated rings. The van der Waals surface area contributed by atoms with Gasteiger partial charge in [-0.15, -0.1) is 0 Å². The number of hydrogen-bond acceptors (Lipinski definition) is 6. The summed E-state index contributed by atoms with van der Waals surface area (Å²) in [6, 6.07) is 6.22. The summed E-state index contributed by atoms with van der Waals surface area (Å²) in [5.41, 5.74) is 3.62. The van der Waals surface area contributed by atoms with Crippen LogP contribution in [-0.2, 0) is 9.47 Å². The quantitative estimate of drug-likeness (QED) is 0.740. The second-order valence-corrected chi connectivity index (χ2v) is 7.78. The fourth-order valence-corrected chi connectivity index (χ4v) is 4.24. The molecule has 0 spiro atoms. The van der Waals surface area contributed by atoms with Crippen LogP contribution in [0.25, 0.3) is 10.9 Å². The van der Waals surface area contributed by atoms with Crippen molar-refractivity contribution in [3.8, 4) is 0 Å². The number of ether oxygens (including phenoxy) is 2. The van der Waals surface area contributed by atoms with E-state index in [1.807, 2.05) is 13.0 Å². The van der Waals surface area contributed by atoms with E-state index in [0.29, 0.717) is 18.1 Å². The van der Waals surface area contributed by atoms with Crippen LogP contribution in [0.1, 0.15) is 29.3 Å². The Morgan fingerprint density at radius 2 is 2.11 bits per heavy atom. The fourth-order valence-electron chi connectivity index (χ4n) is 4.24. The molecule has 1 unspecified atom stereocenters. The number of piperazine rings is 1. The number of aryl methyl sites for hydroxylation is 1. The average Bonchev–Trinajstić information content (AvgIpc) is 3.21. The van der Waals surface area contributed by atoms with Gasteiger partial charge in [-0.05, 0) is 38.3 Å². The molecule has 6 heteroatoms. The number of pyridine rings is 1. The van der Waals surface area contributed by atoms with E-state index in [0.717, 1.165) is 68.1 Å². The smallest absolute Gasteiger partial charge is 0.341 e. The minimum atomic E-state index is -0.293. The molecule has 2 saturated heterocycles. The Hall–Kier alpha value is -2.18. The Bertz CT molecular complexity index is 840. The molecule has 1 atom stereocenters. The first-order chi connectivity index (χ1) is 13.7. The maximum atomic E-state index is 12.6. The Balaban J connectivity index is 1.60. The van der Waals surface area contributed by atoms with E-state index < -0.39 is 0 Å². The lowest BCUT2D eigenvalue weighted by atomic mass is 10.0. The molecular formula is C22H29N3O3. The van der Waals surface area contributed by atoms with E-state index >= 15 is 0 Å². The number of anilines is 1. The lowest BCUT2D eigenvalue weighted by Crippen LogP contribution is -2.48. The first-order valence-electron chi connectivity index (χ1n) is 10.3. The van der Waals surface area contributed by atoms with Gasteiger partial charge in [0, 0.05) is 50.9 Å². The second kappa shape index (κ2) is 8.45. The highest BCUT2D eigenvalue weighted by molar-refractivity contribution is 6.05. The van der Waals surface area contributed by atoms with Crippen LogP contribution in [0.5, 0.6) is 0 Å². The normalized spacial score (nSPS) is 20.6. The molecule has 0 amide bonds. The molecule has 0 bridgehead atoms. The van der Waals surface area contributed by atoms with Crippen molar-refractivity contribution in [2.45, 2.75) is 20.3 Å². The monoisotopic (exact) mass is 383 g/mol. The predicted octanol–water partition coefficient (Wildman–Crippen LogP) is 2.88. The van der Waals surface area contributed by atoms with Crippen molar-refractivity contribution in [2.24, 2.45) is 5.92 Å². The summed E-state index contributed by atoms with van der Waals surface area (Å²) in [5.74, 6) is 0.366. The summed E-state index contributed by atoms with van der Waals surface area (Å²) < 4.78 is 10.8. The molecular weight excluding hydrogens is 354 g/mol. The molecule has 150 valence electrons. The molecule has 1 aromatic heterocycles. The third-order valence-corrected chi connectivity index (χ3v) is 5.72. The van der Waals surface area contributed by atoms with Gasteiger partial charge >= 0.3 is 5.97 Å². The number of benzene rings is 1. The Morgan fingerprint density at radius 3 is 2.82 bits per heavy atom. The third-order valence-electron chi connectivity index (χ3n) is 5.72. The van der Waals surface area contributed by atoms with Gasteiger partial charge in [0.05, 0.1) is 24.4 Å². The van der Waals surface area contributed by atoms with Gasteiger partial charge < -0.3 is 14.4 Å². The molecule has 0 radical (unpaired) electrons. The predicted molar refractivity (Wildman–Crippen MR) is 110 cm³/mol. The second-order valence-electron chi connectivity index (χ2n) is 7.78. The van der Waals surface area contributed by atoms with Crippen LogP contribution in [0.3, 0.4) is 0 Å². The lowest BCUT2D eigenvalue weighted by Gasteiger charge is -2.38. The third kappa shape index (κ3) is 3.98. The van der Waals surface area contributed by atoms with Crippen molar-refractivity contribution in [1.29, 1.82) is 0 Å². The van der Waals surface area contributed by atoms with E-state index in [4.69, 9.17) is 9.47 Å². The molecule has 28 heavy (non-hydrogen) atoms. The van der Waals surface area contributed by atoms with Crippen LogP contribution in [0.15, 0.2) is 24.4 Å². The number of carbonyl (C=O) groups excluding carboxylic acids is 1. The van der Waals surface area contributed by atoms with Crippen molar-refractivity contribution in [2.75, 3.05) is 57.4 Å². The Labute approximate surface area is 166 Å². The zero-order chi connectivity index (χ0) is 19.5. The summed E-state index contributed by atoms with van der Waals surface area (Å²) >= 11 is 0. The lowest BCUT2D eigenvalue weighted by molar-refractivity contribution is 0.0526. The van der Waals surface area contributed by atoms with Gasteiger partial charge in [-0.2, -0.15) is 0 Å². The SMILES string of the molecule is CCOC(=O)c1cnc2ccc(C)cc2c1N1CCN(CC2CCOC2)CC1. The number of fused-ring (bicyclic) bond motifs is 1. The van der Waals surface area contributed by atoms with Crippen LogP contribution in [-0.4, -0.2) is 68.4 Å². The topological polar surface area (TPSA) is 54.9 Å². The van der Waals surface area contributed by atoms with E-state index in [2.05, 4.69) is 33.8 Å². The molecule has 0 N–H and O–H groups in total. The van der Waals surface area contributed by atoms with Crippen molar-refractivity contribution in [1.82, 2.24) is 9.88 Å². The van der Waals surface area contributed by atoms with E-state index in [9.17, 15) is 4.79 Å². The summed E-state index contributed by atoms with van der Waals surface area (Å²) in [5, 5.41) is 1.03. The van der Waals surface area contributed by atoms with Crippen LogP contribution in [0.2, 0.25) is 0 Å². The zero-order valence-corrected chi connectivity index (χ0v) is 16.8. The van der Waals surface area contributed by atoms with Crippen LogP contribution >= 0.6 is 0 Å². The molecule has 2 aliphatic rings. The molecule has 1 aromatic carbocycles. The number of aromatic nitrogens is 1. The highest BCUT2D eigenvalue weighted by Gasteiger charge is 2.27. The summed E-state index contributed by atoms with van der Waals surface area (Å²) in [6.07, 6.45) is 2.84. The van der Waals surface area contributed by atoms with Crippen LogP contribution in [0.4, 0.5) is 5.69 Å². The van der Waals surface area contributed by atoms with Gasteiger partial charge in [0.2, 0.25) is 0 Å². The van der Waals surface area contributed by atoms with Crippen molar-refractivity contribution in [3.63, 3.8) is 0 Å². The average molecular weight is 383 g/mol. The van der Waals surface area contributed by atoms with Gasteiger partial charge in [0.25, 0.3) is 0 Å². The molecule has 2 aliphatic heterocycles. The maximum absolute atomic E-state index is 12.6. The molecule has 0 aliphatic carbocycles. The van der Waals surface area contributed by atoms with Crippen LogP contribution in [0, 0.1) is 12.8 Å². The van der Waals surface area contributed by atoms with Gasteiger partial charge in [-0.25, -0.2) is 4.79 Å². The largest absolute Gasteiger partial charge is 0.462 e. The summed E-state index contributed by atoms with van der Waals surface area (Å²) in [7, 11) is 0. The van der Waals surface area contributed by atoms with Crippen molar-refractivity contribution >= 4 is 22.6 Å². The minimum absolute atomic E-state index is 0.293. The minimum Gasteiger partial charge on any atom is -0.462 e. The van der Waals surface area contributed by atoms with E-state index in [-0.39, 0.29) is 5.97 Å². The van der Waals surface area contributed by atoms with E-state index in [1.54, 1.807) is 6.20 Å². The van der Waals surface area contributed by atoms with E-state index in [1.165, 1.54) is 6.42 Å². The first kappa shape index (κ1) is 19.2. The molecule has 6 nitrogen and oxygen atoms in total. The van der Waals surface area contributed by atoms with Gasteiger partial charge in [0.1, 0.15) is 5.56 Å². The van der Waals surface area contributed by atoms with Gasteiger partial charge in [-0.1, -0.05) is 11.6 Å².